The number of amides is 1. The van der Waals surface area contributed by atoms with E-state index in [0.29, 0.717) is 12.2 Å². The summed E-state index contributed by atoms with van der Waals surface area (Å²) in [6.45, 7) is 3.34. The number of thiol groups is 2. The zero-order valence-corrected chi connectivity index (χ0v) is 14.3. The molecule has 1 amide bonds. The molecule has 0 radical (unpaired) electrons. The average molecular weight is 335 g/mol. The molecule has 0 aromatic heterocycles. The summed E-state index contributed by atoms with van der Waals surface area (Å²) in [5.74, 6) is -0.169. The van der Waals surface area contributed by atoms with Gasteiger partial charge < -0.3 is 16.2 Å². The van der Waals surface area contributed by atoms with Crippen molar-refractivity contribution in [1.29, 1.82) is 0 Å². The number of carboxylic acid groups (broad SMARTS) is 1. The Kier molecular flexibility index (Phi) is 16.5. The Hall–Kier alpha value is -0.920. The van der Waals surface area contributed by atoms with Gasteiger partial charge in [0, 0.05) is 11.8 Å². The molecule has 7 heteroatoms. The van der Waals surface area contributed by atoms with Crippen molar-refractivity contribution >= 4 is 37.1 Å². The van der Waals surface area contributed by atoms with Crippen molar-refractivity contribution in [3.05, 3.63) is 24.3 Å². The summed E-state index contributed by atoms with van der Waals surface area (Å²) in [7, 11) is 0. The van der Waals surface area contributed by atoms with Gasteiger partial charge in [0.2, 0.25) is 5.91 Å². The molecule has 122 valence electrons. The summed E-state index contributed by atoms with van der Waals surface area (Å²) >= 11 is 7.83. The molecule has 0 aliphatic carbocycles. The molecule has 0 aromatic rings. The fourth-order valence-corrected chi connectivity index (χ4v) is 1.21. The lowest BCUT2D eigenvalue weighted by Gasteiger charge is -2.05. The van der Waals surface area contributed by atoms with Crippen LogP contribution in [0, 0.1) is 5.92 Å². The fraction of sp³-hybridized carbons (Fsp3) is 0.571. The number of aliphatic carboxylic acids is 1. The molecule has 0 saturated heterocycles. The molecule has 0 fully saturated rings. The van der Waals surface area contributed by atoms with Crippen LogP contribution in [0.4, 0.5) is 0 Å². The second-order valence-electron chi connectivity index (χ2n) is 4.15. The Morgan fingerprint density at radius 3 is 2.29 bits per heavy atom. The first-order chi connectivity index (χ1) is 9.88. The number of nitrogens with two attached hydrogens (primary N) is 1. The summed E-state index contributed by atoms with van der Waals surface area (Å²) in [4.78, 5) is 21.6. The third-order valence-electron chi connectivity index (χ3n) is 2.12. The largest absolute Gasteiger partial charge is 0.480 e. The Labute approximate surface area is 137 Å². The van der Waals surface area contributed by atoms with Gasteiger partial charge in [0.1, 0.15) is 6.54 Å². The highest BCUT2D eigenvalue weighted by molar-refractivity contribution is 7.80. The Balaban J connectivity index is 0. The molecule has 0 aromatic carbocycles. The van der Waals surface area contributed by atoms with Crippen LogP contribution in [0.25, 0.3) is 0 Å². The maximum atomic E-state index is 11.4. The van der Waals surface area contributed by atoms with Crippen molar-refractivity contribution in [1.82, 2.24) is 5.32 Å². The number of carboxylic acids is 1. The monoisotopic (exact) mass is 334 g/mol. The number of carbonyl (C=O) groups is 2. The zero-order valence-electron chi connectivity index (χ0n) is 12.5. The second-order valence-corrected chi connectivity index (χ2v) is 5.15. The van der Waals surface area contributed by atoms with E-state index < -0.39 is 5.97 Å². The summed E-state index contributed by atoms with van der Waals surface area (Å²) in [5, 5.41) is 10.7. The molecule has 21 heavy (non-hydrogen) atoms. The van der Waals surface area contributed by atoms with Crippen molar-refractivity contribution in [3.8, 4) is 0 Å². The molecule has 1 unspecified atom stereocenters. The fourth-order valence-electron chi connectivity index (χ4n) is 1.09. The van der Waals surface area contributed by atoms with Crippen molar-refractivity contribution in [2.75, 3.05) is 18.1 Å². The van der Waals surface area contributed by atoms with Gasteiger partial charge in [0.15, 0.2) is 0 Å². The van der Waals surface area contributed by atoms with Crippen molar-refractivity contribution in [3.63, 3.8) is 0 Å². The molecular weight excluding hydrogens is 308 g/mol. The molecule has 4 N–H and O–H groups in total. The van der Waals surface area contributed by atoms with E-state index in [0.717, 1.165) is 5.75 Å². The molecular formula is C14H26N2O3S2. The Morgan fingerprint density at radius 1 is 1.29 bits per heavy atom. The van der Waals surface area contributed by atoms with Gasteiger partial charge in [-0.1, -0.05) is 38.2 Å². The van der Waals surface area contributed by atoms with Gasteiger partial charge >= 0.3 is 5.97 Å². The van der Waals surface area contributed by atoms with Gasteiger partial charge in [0.25, 0.3) is 0 Å². The van der Waals surface area contributed by atoms with Crippen LogP contribution in [0.2, 0.25) is 0 Å². The van der Waals surface area contributed by atoms with Gasteiger partial charge in [-0.2, -0.15) is 25.3 Å². The third kappa shape index (κ3) is 17.0. The number of rotatable bonds is 8. The van der Waals surface area contributed by atoms with Crippen molar-refractivity contribution < 1.29 is 14.7 Å². The maximum Gasteiger partial charge on any atom is 0.322 e. The summed E-state index contributed by atoms with van der Waals surface area (Å²) in [6.07, 6.45) is 8.00. The molecule has 0 bridgehead atoms. The van der Waals surface area contributed by atoms with Gasteiger partial charge in [-0.05, 0) is 12.2 Å². The van der Waals surface area contributed by atoms with Crippen LogP contribution in [0.3, 0.4) is 0 Å². The molecule has 0 heterocycles. The van der Waals surface area contributed by atoms with Crippen LogP contribution < -0.4 is 11.1 Å². The lowest BCUT2D eigenvalue weighted by molar-refractivity contribution is -0.138. The van der Waals surface area contributed by atoms with E-state index in [-0.39, 0.29) is 24.4 Å². The third-order valence-corrected chi connectivity index (χ3v) is 2.54. The quantitative estimate of drug-likeness (QED) is 0.344. The first-order valence-corrected chi connectivity index (χ1v) is 7.95. The van der Waals surface area contributed by atoms with Crippen LogP contribution in [0.1, 0.15) is 20.3 Å². The minimum atomic E-state index is -1.05. The molecule has 0 aliphatic rings. The lowest BCUT2D eigenvalue weighted by Crippen LogP contribution is -2.32. The zero-order chi connectivity index (χ0) is 16.7. The number of nitrogens with one attached hydrogen (secondary N) is 1. The minimum absolute atomic E-state index is 0.0574. The highest BCUT2D eigenvalue weighted by Gasteiger charge is 2.09. The highest BCUT2D eigenvalue weighted by Crippen LogP contribution is 1.99. The van der Waals surface area contributed by atoms with Gasteiger partial charge in [-0.25, -0.2) is 0 Å². The van der Waals surface area contributed by atoms with E-state index in [2.05, 4.69) is 30.6 Å². The first-order valence-electron chi connectivity index (χ1n) is 6.69. The maximum absolute atomic E-state index is 11.4. The summed E-state index contributed by atoms with van der Waals surface area (Å²) in [6, 6.07) is -0.0574. The van der Waals surface area contributed by atoms with Crippen LogP contribution in [0.15, 0.2) is 24.3 Å². The SMILES string of the molecule is CC(/C=C/C/C=C/[C@@H](N)CS)C(=O)NCC(=O)O.CCS. The van der Waals surface area contributed by atoms with Crippen LogP contribution >= 0.6 is 25.3 Å². The van der Waals surface area contributed by atoms with Gasteiger partial charge in [-0.15, -0.1) is 0 Å². The first kappa shape index (κ1) is 22.4. The second kappa shape index (κ2) is 15.5. The van der Waals surface area contributed by atoms with E-state index in [1.165, 1.54) is 0 Å². The molecule has 0 spiro atoms. The average Bonchev–Trinajstić information content (AvgIpc) is 2.44. The topological polar surface area (TPSA) is 92.4 Å². The van der Waals surface area contributed by atoms with E-state index in [1.54, 1.807) is 13.0 Å². The number of hydrogen-bond acceptors (Lipinski definition) is 5. The summed E-state index contributed by atoms with van der Waals surface area (Å²) in [5.41, 5.74) is 5.62. The number of hydrogen-bond donors (Lipinski definition) is 5. The van der Waals surface area contributed by atoms with Crippen LogP contribution in [-0.4, -0.2) is 41.1 Å². The van der Waals surface area contributed by atoms with Crippen molar-refractivity contribution in [2.45, 2.75) is 26.3 Å². The van der Waals surface area contributed by atoms with E-state index >= 15 is 0 Å². The van der Waals surface area contributed by atoms with E-state index in [1.807, 2.05) is 25.2 Å². The predicted octanol–water partition coefficient (Wildman–Crippen LogP) is 1.52. The normalized spacial score (nSPS) is 13.6. The van der Waals surface area contributed by atoms with E-state index in [4.69, 9.17) is 10.8 Å². The van der Waals surface area contributed by atoms with Gasteiger partial charge in [-0.3, -0.25) is 9.59 Å². The number of allylic oxidation sites excluding steroid dienone is 2. The highest BCUT2D eigenvalue weighted by atomic mass is 32.1. The summed E-state index contributed by atoms with van der Waals surface area (Å²) < 4.78 is 0. The smallest absolute Gasteiger partial charge is 0.322 e. The standard InChI is InChI=1S/C12H20N2O3S.C2H6S/c1-9(12(17)14-7-11(15)16)5-3-2-4-6-10(13)8-18;1-2-3/h3-6,9-10,18H,2,7-8,13H2,1H3,(H,14,17)(H,15,16);3H,2H2,1H3/b5-3+,6-4+;/t9?,10-;/m1./s1. The van der Waals surface area contributed by atoms with E-state index in [9.17, 15) is 9.59 Å². The molecule has 0 rings (SSSR count). The predicted molar refractivity (Wildman–Crippen MR) is 94.1 cm³/mol. The Morgan fingerprint density at radius 2 is 1.81 bits per heavy atom. The van der Waals surface area contributed by atoms with Crippen molar-refractivity contribution in [2.24, 2.45) is 11.7 Å². The molecule has 0 saturated carbocycles. The Bertz CT molecular complexity index is 347. The number of carbonyl (C=O) groups excluding carboxylic acids is 1. The minimum Gasteiger partial charge on any atom is -0.480 e. The van der Waals surface area contributed by atoms with Gasteiger partial charge in [0.05, 0.1) is 5.92 Å². The van der Waals surface area contributed by atoms with Crippen LogP contribution in [0.5, 0.6) is 0 Å². The molecule has 2 atom stereocenters. The molecule has 0 aliphatic heterocycles. The molecule has 5 nitrogen and oxygen atoms in total. The lowest BCUT2D eigenvalue weighted by atomic mass is 10.1. The van der Waals surface area contributed by atoms with Crippen LogP contribution in [-0.2, 0) is 9.59 Å².